The number of methoxy groups -OCH3 is 1. The largest absolute Gasteiger partial charge is 0.378 e. The van der Waals surface area contributed by atoms with Gasteiger partial charge in [-0.2, -0.15) is 0 Å². The lowest BCUT2D eigenvalue weighted by Crippen LogP contribution is -2.38. The Labute approximate surface area is 139 Å². The van der Waals surface area contributed by atoms with Crippen LogP contribution in [-0.2, 0) is 4.74 Å². The van der Waals surface area contributed by atoms with Crippen molar-refractivity contribution in [3.63, 3.8) is 0 Å². The molecule has 0 atom stereocenters. The van der Waals surface area contributed by atoms with Crippen molar-refractivity contribution in [1.29, 1.82) is 0 Å². The molecule has 0 saturated heterocycles. The minimum Gasteiger partial charge on any atom is -0.378 e. The van der Waals surface area contributed by atoms with E-state index in [1.807, 2.05) is 7.11 Å². The standard InChI is InChI=1S/C21H40O/c1-4-6-7-8-18-9-11-19(12-10-18)20-13-16-21(22-3,15-5-2)17-14-20/h18-20H,4-17H2,1-3H3. The zero-order valence-corrected chi connectivity index (χ0v) is 15.5. The number of hydrogen-bond acceptors (Lipinski definition) is 1. The van der Waals surface area contributed by atoms with E-state index in [0.717, 1.165) is 17.8 Å². The maximum atomic E-state index is 5.93. The van der Waals surface area contributed by atoms with Crippen molar-refractivity contribution in [2.45, 2.75) is 109 Å². The van der Waals surface area contributed by atoms with Gasteiger partial charge in [0.1, 0.15) is 0 Å². The molecule has 0 radical (unpaired) electrons. The molecular formula is C21H40O. The Bertz CT molecular complexity index is 282. The average molecular weight is 309 g/mol. The van der Waals surface area contributed by atoms with Crippen LogP contribution in [0.1, 0.15) is 104 Å². The van der Waals surface area contributed by atoms with Crippen molar-refractivity contribution in [3.8, 4) is 0 Å². The lowest BCUT2D eigenvalue weighted by atomic mass is 9.67. The molecule has 0 amide bonds. The van der Waals surface area contributed by atoms with E-state index in [2.05, 4.69) is 13.8 Å². The van der Waals surface area contributed by atoms with Gasteiger partial charge in [0.15, 0.2) is 0 Å². The van der Waals surface area contributed by atoms with E-state index in [0.29, 0.717) is 0 Å². The summed E-state index contributed by atoms with van der Waals surface area (Å²) >= 11 is 0. The van der Waals surface area contributed by atoms with Crippen molar-refractivity contribution in [1.82, 2.24) is 0 Å². The fourth-order valence-corrected chi connectivity index (χ4v) is 5.28. The Balaban J connectivity index is 1.70. The van der Waals surface area contributed by atoms with Gasteiger partial charge in [-0.25, -0.2) is 0 Å². The minimum absolute atomic E-state index is 0.239. The van der Waals surface area contributed by atoms with E-state index in [9.17, 15) is 0 Å². The van der Waals surface area contributed by atoms with Crippen molar-refractivity contribution >= 4 is 0 Å². The summed E-state index contributed by atoms with van der Waals surface area (Å²) in [4.78, 5) is 0. The van der Waals surface area contributed by atoms with Crippen LogP contribution < -0.4 is 0 Å². The predicted octanol–water partition coefficient (Wildman–Crippen LogP) is 6.75. The highest BCUT2D eigenvalue weighted by molar-refractivity contribution is 4.90. The highest BCUT2D eigenvalue weighted by Crippen LogP contribution is 2.45. The quantitative estimate of drug-likeness (QED) is 0.451. The second kappa shape index (κ2) is 9.30. The molecule has 0 heterocycles. The highest BCUT2D eigenvalue weighted by atomic mass is 16.5. The molecule has 0 spiro atoms. The molecule has 130 valence electrons. The SMILES string of the molecule is CCCCCC1CCC(C2CCC(CCC)(OC)CC2)CC1. The van der Waals surface area contributed by atoms with Crippen LogP contribution in [0.5, 0.6) is 0 Å². The summed E-state index contributed by atoms with van der Waals surface area (Å²) in [5.41, 5.74) is 0.239. The molecule has 2 aliphatic rings. The molecule has 0 aliphatic heterocycles. The van der Waals surface area contributed by atoms with Gasteiger partial charge in [0.2, 0.25) is 0 Å². The van der Waals surface area contributed by atoms with Crippen LogP contribution in [0.3, 0.4) is 0 Å². The molecule has 0 aromatic heterocycles. The third-order valence-corrected chi connectivity index (χ3v) is 6.85. The van der Waals surface area contributed by atoms with Crippen LogP contribution in [0, 0.1) is 17.8 Å². The van der Waals surface area contributed by atoms with Gasteiger partial charge < -0.3 is 4.74 Å². The van der Waals surface area contributed by atoms with Crippen LogP contribution >= 0.6 is 0 Å². The summed E-state index contributed by atoms with van der Waals surface area (Å²) in [6.07, 6.45) is 19.9. The predicted molar refractivity (Wildman–Crippen MR) is 96.2 cm³/mol. The van der Waals surface area contributed by atoms with E-state index >= 15 is 0 Å². The monoisotopic (exact) mass is 308 g/mol. The molecule has 2 rings (SSSR count). The average Bonchev–Trinajstić information content (AvgIpc) is 2.57. The lowest BCUT2D eigenvalue weighted by molar-refractivity contribution is -0.0629. The van der Waals surface area contributed by atoms with Gasteiger partial charge >= 0.3 is 0 Å². The Morgan fingerprint density at radius 3 is 2.00 bits per heavy atom. The van der Waals surface area contributed by atoms with E-state index in [-0.39, 0.29) is 5.60 Å². The van der Waals surface area contributed by atoms with Crippen molar-refractivity contribution in [3.05, 3.63) is 0 Å². The summed E-state index contributed by atoms with van der Waals surface area (Å²) < 4.78 is 5.93. The molecule has 2 aliphatic carbocycles. The van der Waals surface area contributed by atoms with Crippen molar-refractivity contribution < 1.29 is 4.74 Å². The molecule has 0 N–H and O–H groups in total. The Morgan fingerprint density at radius 1 is 0.818 bits per heavy atom. The lowest BCUT2D eigenvalue weighted by Gasteiger charge is -2.43. The zero-order chi connectivity index (χ0) is 15.8. The summed E-state index contributed by atoms with van der Waals surface area (Å²) in [7, 11) is 1.94. The third kappa shape index (κ3) is 4.98. The van der Waals surface area contributed by atoms with Crippen molar-refractivity contribution in [2.24, 2.45) is 17.8 Å². The molecule has 2 saturated carbocycles. The summed E-state index contributed by atoms with van der Waals surface area (Å²) in [5.74, 6) is 3.11. The maximum Gasteiger partial charge on any atom is 0.0678 e. The molecule has 1 nitrogen and oxygen atoms in total. The molecular weight excluding hydrogens is 268 g/mol. The first-order valence-corrected chi connectivity index (χ1v) is 10.3. The number of hydrogen-bond donors (Lipinski definition) is 0. The van der Waals surface area contributed by atoms with Crippen LogP contribution in [0.25, 0.3) is 0 Å². The Morgan fingerprint density at radius 2 is 1.45 bits per heavy atom. The first-order chi connectivity index (χ1) is 10.7. The fourth-order valence-electron chi connectivity index (χ4n) is 5.28. The fraction of sp³-hybridized carbons (Fsp3) is 1.00. The first-order valence-electron chi connectivity index (χ1n) is 10.3. The topological polar surface area (TPSA) is 9.23 Å². The van der Waals surface area contributed by atoms with Crippen LogP contribution in [-0.4, -0.2) is 12.7 Å². The first kappa shape index (κ1) is 18.3. The highest BCUT2D eigenvalue weighted by Gasteiger charge is 2.37. The van der Waals surface area contributed by atoms with E-state index in [1.165, 1.54) is 89.9 Å². The van der Waals surface area contributed by atoms with Crippen LogP contribution in [0.15, 0.2) is 0 Å². The number of ether oxygens (including phenoxy) is 1. The smallest absolute Gasteiger partial charge is 0.0678 e. The Kier molecular flexibility index (Phi) is 7.74. The molecule has 1 heteroatoms. The number of unbranched alkanes of at least 4 members (excludes halogenated alkanes) is 2. The van der Waals surface area contributed by atoms with Gasteiger partial charge in [-0.3, -0.25) is 0 Å². The molecule has 2 fully saturated rings. The Hall–Kier alpha value is -0.0400. The summed E-state index contributed by atoms with van der Waals surface area (Å²) in [6.45, 7) is 4.62. The van der Waals surface area contributed by atoms with Gasteiger partial charge in [-0.1, -0.05) is 58.8 Å². The summed E-state index contributed by atoms with van der Waals surface area (Å²) in [6, 6.07) is 0. The molecule has 0 aromatic carbocycles. The van der Waals surface area contributed by atoms with Crippen LogP contribution in [0.4, 0.5) is 0 Å². The van der Waals surface area contributed by atoms with Gasteiger partial charge in [0, 0.05) is 7.11 Å². The second-order valence-corrected chi connectivity index (χ2v) is 8.25. The van der Waals surface area contributed by atoms with Gasteiger partial charge in [0.25, 0.3) is 0 Å². The van der Waals surface area contributed by atoms with Gasteiger partial charge in [0.05, 0.1) is 5.60 Å². The zero-order valence-electron chi connectivity index (χ0n) is 15.5. The molecule has 0 unspecified atom stereocenters. The van der Waals surface area contributed by atoms with Crippen molar-refractivity contribution in [2.75, 3.05) is 7.11 Å². The normalized spacial score (nSPS) is 36.4. The van der Waals surface area contributed by atoms with Gasteiger partial charge in [-0.15, -0.1) is 0 Å². The second-order valence-electron chi connectivity index (χ2n) is 8.25. The van der Waals surface area contributed by atoms with E-state index in [1.54, 1.807) is 0 Å². The van der Waals surface area contributed by atoms with E-state index in [4.69, 9.17) is 4.74 Å². The molecule has 0 aromatic rings. The third-order valence-electron chi connectivity index (χ3n) is 6.85. The minimum atomic E-state index is 0.239. The van der Waals surface area contributed by atoms with Crippen LogP contribution in [0.2, 0.25) is 0 Å². The summed E-state index contributed by atoms with van der Waals surface area (Å²) in [5, 5.41) is 0. The molecule has 22 heavy (non-hydrogen) atoms. The van der Waals surface area contributed by atoms with Gasteiger partial charge in [-0.05, 0) is 62.7 Å². The number of rotatable bonds is 8. The molecule has 0 bridgehead atoms. The maximum absolute atomic E-state index is 5.93. The van der Waals surface area contributed by atoms with E-state index < -0.39 is 0 Å².